The van der Waals surface area contributed by atoms with Crippen molar-refractivity contribution in [3.63, 3.8) is 0 Å². The van der Waals surface area contributed by atoms with Crippen LogP contribution in [0.1, 0.15) is 39.5 Å². The monoisotopic (exact) mass is 217 g/mol. The summed E-state index contributed by atoms with van der Waals surface area (Å²) in [6.45, 7) is 8.00. The zero-order chi connectivity index (χ0) is 10.6. The number of halogens is 1. The van der Waals surface area contributed by atoms with Gasteiger partial charge in [0.15, 0.2) is 0 Å². The van der Waals surface area contributed by atoms with Crippen molar-refractivity contribution in [3.05, 3.63) is 12.2 Å². The first kappa shape index (κ1) is 14.0. The maximum Gasteiger partial charge on any atom is 0.0404 e. The highest BCUT2D eigenvalue weighted by Gasteiger charge is 2.00. The molecular weight excluding hydrogens is 194 g/mol. The quantitative estimate of drug-likeness (QED) is 0.421. The third kappa shape index (κ3) is 8.58. The highest BCUT2D eigenvalue weighted by molar-refractivity contribution is 6.18. The Kier molecular flexibility index (Phi) is 11.1. The first-order valence-electron chi connectivity index (χ1n) is 5.78. The van der Waals surface area contributed by atoms with Crippen molar-refractivity contribution < 1.29 is 0 Å². The summed E-state index contributed by atoms with van der Waals surface area (Å²) in [6.07, 6.45) is 9.38. The van der Waals surface area contributed by atoms with Gasteiger partial charge in [0.25, 0.3) is 0 Å². The van der Waals surface area contributed by atoms with Gasteiger partial charge in [-0.1, -0.05) is 38.8 Å². The van der Waals surface area contributed by atoms with Gasteiger partial charge in [0.2, 0.25) is 0 Å². The van der Waals surface area contributed by atoms with Gasteiger partial charge in [0.1, 0.15) is 0 Å². The molecule has 0 radical (unpaired) electrons. The first-order valence-corrected chi connectivity index (χ1v) is 6.31. The van der Waals surface area contributed by atoms with Crippen LogP contribution in [0.2, 0.25) is 0 Å². The van der Waals surface area contributed by atoms with Crippen molar-refractivity contribution in [2.75, 3.05) is 25.5 Å². The standard InChI is InChI=1S/C12H24ClN/c1-3-5-10-14(11-6-4-2)12-8-7-9-13/h7-8H,3-6,9-12H2,1-2H3. The SMILES string of the molecule is CCCCN(CC=CCCl)CCCC. The van der Waals surface area contributed by atoms with E-state index in [1.165, 1.54) is 38.8 Å². The smallest absolute Gasteiger partial charge is 0.0404 e. The van der Waals surface area contributed by atoms with Gasteiger partial charge in [-0.2, -0.15) is 0 Å². The Morgan fingerprint density at radius 3 is 2.00 bits per heavy atom. The molecule has 0 N–H and O–H groups in total. The third-order valence-electron chi connectivity index (χ3n) is 2.28. The largest absolute Gasteiger partial charge is 0.300 e. The molecule has 0 aliphatic heterocycles. The van der Waals surface area contributed by atoms with E-state index in [-0.39, 0.29) is 0 Å². The molecular formula is C12H24ClN. The third-order valence-corrected chi connectivity index (χ3v) is 2.45. The molecule has 0 aromatic heterocycles. The average Bonchev–Trinajstić information content (AvgIpc) is 2.21. The maximum absolute atomic E-state index is 5.59. The van der Waals surface area contributed by atoms with Crippen LogP contribution in [0.4, 0.5) is 0 Å². The lowest BCUT2D eigenvalue weighted by Crippen LogP contribution is -2.26. The van der Waals surface area contributed by atoms with Gasteiger partial charge < -0.3 is 0 Å². The maximum atomic E-state index is 5.59. The van der Waals surface area contributed by atoms with Crippen molar-refractivity contribution >= 4 is 11.6 Å². The minimum atomic E-state index is 0.634. The summed E-state index contributed by atoms with van der Waals surface area (Å²) in [4.78, 5) is 2.51. The van der Waals surface area contributed by atoms with Gasteiger partial charge >= 0.3 is 0 Å². The Hall–Kier alpha value is -0.0100. The number of rotatable bonds is 9. The molecule has 14 heavy (non-hydrogen) atoms. The lowest BCUT2D eigenvalue weighted by molar-refractivity contribution is 0.292. The van der Waals surface area contributed by atoms with E-state index in [1.54, 1.807) is 0 Å². The fourth-order valence-electron chi connectivity index (χ4n) is 1.34. The van der Waals surface area contributed by atoms with E-state index in [0.29, 0.717) is 5.88 Å². The van der Waals surface area contributed by atoms with Gasteiger partial charge in [-0.15, -0.1) is 11.6 Å². The predicted molar refractivity (Wildman–Crippen MR) is 66.1 cm³/mol. The van der Waals surface area contributed by atoms with Gasteiger partial charge in [0, 0.05) is 12.4 Å². The van der Waals surface area contributed by atoms with Crippen LogP contribution in [0, 0.1) is 0 Å². The zero-order valence-electron chi connectivity index (χ0n) is 9.64. The number of unbranched alkanes of at least 4 members (excludes halogenated alkanes) is 2. The number of allylic oxidation sites excluding steroid dienone is 1. The number of nitrogens with zero attached hydrogens (tertiary/aromatic N) is 1. The molecule has 0 aromatic carbocycles. The summed E-state index contributed by atoms with van der Waals surface area (Å²) in [5.74, 6) is 0.634. The summed E-state index contributed by atoms with van der Waals surface area (Å²) >= 11 is 5.59. The van der Waals surface area contributed by atoms with E-state index >= 15 is 0 Å². The van der Waals surface area contributed by atoms with Crippen molar-refractivity contribution in [1.82, 2.24) is 4.90 Å². The Labute approximate surface area is 94.1 Å². The molecule has 0 saturated heterocycles. The Morgan fingerprint density at radius 2 is 1.57 bits per heavy atom. The molecule has 0 rings (SSSR count). The molecule has 0 heterocycles. The fourth-order valence-corrected chi connectivity index (χ4v) is 1.47. The van der Waals surface area contributed by atoms with Gasteiger partial charge in [-0.3, -0.25) is 4.90 Å². The average molecular weight is 218 g/mol. The molecule has 0 aliphatic rings. The zero-order valence-corrected chi connectivity index (χ0v) is 10.4. The molecule has 0 spiro atoms. The summed E-state index contributed by atoms with van der Waals surface area (Å²) < 4.78 is 0. The topological polar surface area (TPSA) is 3.24 Å². The van der Waals surface area contributed by atoms with Crippen LogP contribution in [0.15, 0.2) is 12.2 Å². The fraction of sp³-hybridized carbons (Fsp3) is 0.833. The summed E-state index contributed by atoms with van der Waals surface area (Å²) in [5, 5.41) is 0. The van der Waals surface area contributed by atoms with Crippen LogP contribution in [-0.2, 0) is 0 Å². The van der Waals surface area contributed by atoms with Crippen molar-refractivity contribution in [2.45, 2.75) is 39.5 Å². The predicted octanol–water partition coefficient (Wildman–Crippen LogP) is 3.68. The second-order valence-corrected chi connectivity index (χ2v) is 3.94. The number of hydrogen-bond donors (Lipinski definition) is 0. The summed E-state index contributed by atoms with van der Waals surface area (Å²) in [7, 11) is 0. The lowest BCUT2D eigenvalue weighted by atomic mass is 10.2. The van der Waals surface area contributed by atoms with Gasteiger partial charge in [-0.25, -0.2) is 0 Å². The van der Waals surface area contributed by atoms with E-state index in [1.807, 2.05) is 6.08 Å². The molecule has 0 saturated carbocycles. The Bertz CT molecular complexity index is 126. The Morgan fingerprint density at radius 1 is 1.00 bits per heavy atom. The number of alkyl halides is 1. The van der Waals surface area contributed by atoms with Crippen LogP contribution in [0.5, 0.6) is 0 Å². The molecule has 0 aliphatic carbocycles. The van der Waals surface area contributed by atoms with Crippen molar-refractivity contribution in [3.8, 4) is 0 Å². The van der Waals surface area contributed by atoms with E-state index in [9.17, 15) is 0 Å². The normalized spacial score (nSPS) is 11.7. The minimum absolute atomic E-state index is 0.634. The molecule has 0 amide bonds. The second kappa shape index (κ2) is 11.1. The van der Waals surface area contributed by atoms with Crippen LogP contribution in [0.25, 0.3) is 0 Å². The van der Waals surface area contributed by atoms with E-state index < -0.39 is 0 Å². The lowest BCUT2D eigenvalue weighted by Gasteiger charge is -2.19. The molecule has 0 fully saturated rings. The first-order chi connectivity index (χ1) is 6.85. The summed E-state index contributed by atoms with van der Waals surface area (Å²) in [5.41, 5.74) is 0. The van der Waals surface area contributed by atoms with Crippen molar-refractivity contribution in [2.24, 2.45) is 0 Å². The van der Waals surface area contributed by atoms with Crippen LogP contribution in [0.3, 0.4) is 0 Å². The van der Waals surface area contributed by atoms with E-state index in [2.05, 4.69) is 24.8 Å². The summed E-state index contributed by atoms with van der Waals surface area (Å²) in [6, 6.07) is 0. The molecule has 0 unspecified atom stereocenters. The van der Waals surface area contributed by atoms with Gasteiger partial charge in [-0.05, 0) is 25.9 Å². The molecule has 0 aromatic rings. The van der Waals surface area contributed by atoms with Gasteiger partial charge in [0.05, 0.1) is 0 Å². The van der Waals surface area contributed by atoms with Crippen LogP contribution >= 0.6 is 11.6 Å². The Balaban J connectivity index is 3.65. The van der Waals surface area contributed by atoms with Crippen LogP contribution in [-0.4, -0.2) is 30.4 Å². The van der Waals surface area contributed by atoms with Crippen molar-refractivity contribution in [1.29, 1.82) is 0 Å². The highest BCUT2D eigenvalue weighted by Crippen LogP contribution is 1.99. The van der Waals surface area contributed by atoms with E-state index in [0.717, 1.165) is 6.54 Å². The molecule has 2 heteroatoms. The van der Waals surface area contributed by atoms with E-state index in [4.69, 9.17) is 11.6 Å². The highest BCUT2D eigenvalue weighted by atomic mass is 35.5. The van der Waals surface area contributed by atoms with Crippen LogP contribution < -0.4 is 0 Å². The molecule has 0 atom stereocenters. The molecule has 0 bridgehead atoms. The molecule has 84 valence electrons. The minimum Gasteiger partial charge on any atom is -0.300 e. The molecule has 1 nitrogen and oxygen atoms in total. The number of hydrogen-bond acceptors (Lipinski definition) is 1. The second-order valence-electron chi connectivity index (χ2n) is 3.63.